The number of rotatable bonds is 2. The fourth-order valence-corrected chi connectivity index (χ4v) is 2.77. The third-order valence-corrected chi connectivity index (χ3v) is 3.76. The molecule has 0 amide bonds. The van der Waals surface area contributed by atoms with Gasteiger partial charge in [0.2, 0.25) is 0 Å². The molecule has 0 fully saturated rings. The number of aliphatic imine (C=N–C) groups is 1. The highest BCUT2D eigenvalue weighted by Crippen LogP contribution is 2.34. The lowest BCUT2D eigenvalue weighted by Crippen LogP contribution is -1.90. The van der Waals surface area contributed by atoms with Crippen LogP contribution in [0.3, 0.4) is 0 Å². The van der Waals surface area contributed by atoms with Gasteiger partial charge in [0.05, 0.1) is 22.8 Å². The van der Waals surface area contributed by atoms with Crippen molar-refractivity contribution in [3.05, 3.63) is 60.4 Å². The number of fused-ring (bicyclic) bond motifs is 1. The molecule has 21 heavy (non-hydrogen) atoms. The van der Waals surface area contributed by atoms with Gasteiger partial charge in [-0.05, 0) is 25.0 Å². The largest absolute Gasteiger partial charge is 0.351 e. The van der Waals surface area contributed by atoms with Crippen molar-refractivity contribution in [1.29, 1.82) is 0 Å². The molecule has 0 radical (unpaired) electrons. The molecule has 1 aromatic carbocycles. The highest BCUT2D eigenvalue weighted by Gasteiger charge is 2.15. The van der Waals surface area contributed by atoms with Gasteiger partial charge < -0.3 is 4.98 Å². The first kappa shape index (κ1) is 12.1. The van der Waals surface area contributed by atoms with Gasteiger partial charge in [0, 0.05) is 23.2 Å². The van der Waals surface area contributed by atoms with Crippen LogP contribution in [0.2, 0.25) is 0 Å². The van der Waals surface area contributed by atoms with Crippen molar-refractivity contribution in [2.75, 3.05) is 0 Å². The Morgan fingerprint density at radius 3 is 2.38 bits per heavy atom. The Bertz CT molecular complexity index is 841. The Hall–Kier alpha value is -2.68. The lowest BCUT2D eigenvalue weighted by Gasteiger charge is -2.04. The quantitative estimate of drug-likeness (QED) is 0.737. The van der Waals surface area contributed by atoms with Crippen LogP contribution < -0.4 is 0 Å². The molecule has 3 nitrogen and oxygen atoms in total. The van der Waals surface area contributed by atoms with E-state index in [9.17, 15) is 0 Å². The van der Waals surface area contributed by atoms with E-state index >= 15 is 0 Å². The topological polar surface area (TPSA) is 41.0 Å². The molecular formula is C18H15N3. The maximum Gasteiger partial charge on any atom is 0.0870 e. The van der Waals surface area contributed by atoms with Gasteiger partial charge in [0.25, 0.3) is 0 Å². The number of hydrogen-bond acceptors (Lipinski definition) is 2. The van der Waals surface area contributed by atoms with E-state index in [1.54, 1.807) is 0 Å². The molecule has 3 aromatic rings. The summed E-state index contributed by atoms with van der Waals surface area (Å²) in [5.41, 5.74) is 4.13. The summed E-state index contributed by atoms with van der Waals surface area (Å²) in [6.45, 7) is 0. The number of allylic oxidation sites excluding steroid dienone is 1. The molecule has 0 spiro atoms. The molecular weight excluding hydrogens is 258 g/mol. The molecule has 0 bridgehead atoms. The maximum atomic E-state index is 4.54. The minimum absolute atomic E-state index is 0.959. The van der Waals surface area contributed by atoms with E-state index in [-0.39, 0.29) is 0 Å². The predicted octanol–water partition coefficient (Wildman–Crippen LogP) is 4.44. The van der Waals surface area contributed by atoms with Gasteiger partial charge in [-0.15, -0.1) is 0 Å². The lowest BCUT2D eigenvalue weighted by atomic mass is 10.1. The SMILES string of the molecule is C1=NC(c2[nH]c(-c3ccccn3)c3ccccc23)=CCC1. The minimum atomic E-state index is 0.959. The number of pyridine rings is 1. The van der Waals surface area contributed by atoms with Crippen molar-refractivity contribution in [2.24, 2.45) is 4.99 Å². The summed E-state index contributed by atoms with van der Waals surface area (Å²) in [6, 6.07) is 14.4. The predicted molar refractivity (Wildman–Crippen MR) is 87.2 cm³/mol. The molecule has 0 saturated heterocycles. The van der Waals surface area contributed by atoms with Gasteiger partial charge in [-0.2, -0.15) is 0 Å². The summed E-state index contributed by atoms with van der Waals surface area (Å²) in [4.78, 5) is 12.5. The van der Waals surface area contributed by atoms with E-state index in [2.05, 4.69) is 45.3 Å². The van der Waals surface area contributed by atoms with E-state index in [0.29, 0.717) is 0 Å². The third-order valence-electron chi connectivity index (χ3n) is 3.76. The van der Waals surface area contributed by atoms with E-state index < -0.39 is 0 Å². The van der Waals surface area contributed by atoms with Gasteiger partial charge in [0.1, 0.15) is 0 Å². The van der Waals surface area contributed by atoms with Crippen LogP contribution in [0, 0.1) is 0 Å². The molecule has 4 rings (SSSR count). The Kier molecular flexibility index (Phi) is 2.89. The molecule has 0 atom stereocenters. The van der Waals surface area contributed by atoms with Gasteiger partial charge >= 0.3 is 0 Å². The highest BCUT2D eigenvalue weighted by atomic mass is 14.9. The van der Waals surface area contributed by atoms with Gasteiger partial charge in [-0.1, -0.05) is 36.4 Å². The lowest BCUT2D eigenvalue weighted by molar-refractivity contribution is 1.09. The van der Waals surface area contributed by atoms with E-state index in [0.717, 1.165) is 35.6 Å². The normalized spacial score (nSPS) is 14.4. The molecule has 1 aliphatic heterocycles. The summed E-state index contributed by atoms with van der Waals surface area (Å²) >= 11 is 0. The first-order valence-electron chi connectivity index (χ1n) is 7.18. The monoisotopic (exact) mass is 273 g/mol. The van der Waals surface area contributed by atoms with Crippen LogP contribution in [-0.4, -0.2) is 16.2 Å². The van der Waals surface area contributed by atoms with E-state index in [1.807, 2.05) is 30.6 Å². The second-order valence-corrected chi connectivity index (χ2v) is 5.11. The maximum absolute atomic E-state index is 4.54. The highest BCUT2D eigenvalue weighted by molar-refractivity contribution is 6.02. The van der Waals surface area contributed by atoms with Crippen LogP contribution in [0.25, 0.3) is 27.9 Å². The molecule has 1 N–H and O–H groups in total. The smallest absolute Gasteiger partial charge is 0.0870 e. The minimum Gasteiger partial charge on any atom is -0.351 e. The van der Waals surface area contributed by atoms with Crippen molar-refractivity contribution < 1.29 is 0 Å². The van der Waals surface area contributed by atoms with Crippen LogP contribution in [0.1, 0.15) is 18.5 Å². The molecule has 2 aromatic heterocycles. The molecule has 3 heteroatoms. The Morgan fingerprint density at radius 1 is 0.857 bits per heavy atom. The number of benzene rings is 1. The van der Waals surface area contributed by atoms with Crippen LogP contribution >= 0.6 is 0 Å². The molecule has 0 saturated carbocycles. The molecule has 0 aliphatic carbocycles. The Labute approximate surface area is 123 Å². The molecule has 3 heterocycles. The van der Waals surface area contributed by atoms with Crippen LogP contribution in [0.15, 0.2) is 59.7 Å². The third kappa shape index (κ3) is 2.07. The first-order chi connectivity index (χ1) is 10.4. The average molecular weight is 273 g/mol. The first-order valence-corrected chi connectivity index (χ1v) is 7.18. The van der Waals surface area contributed by atoms with Crippen LogP contribution in [-0.2, 0) is 0 Å². The number of nitrogens with one attached hydrogen (secondary N) is 1. The van der Waals surface area contributed by atoms with E-state index in [1.165, 1.54) is 10.8 Å². The molecule has 1 aliphatic rings. The number of aromatic nitrogens is 2. The standard InChI is InChI=1S/C18H15N3/c1-2-8-14-13(7-1)17(15-9-3-5-11-19-15)21-18(14)16-10-4-6-12-20-16/h1-3,5,7-12,21H,4,6H2. The Balaban J connectivity index is 1.97. The fraction of sp³-hybridized carbons (Fsp3) is 0.111. The average Bonchev–Trinajstić information content (AvgIpc) is 2.96. The second-order valence-electron chi connectivity index (χ2n) is 5.11. The summed E-state index contributed by atoms with van der Waals surface area (Å²) in [5.74, 6) is 0. The second kappa shape index (κ2) is 5.02. The number of nitrogens with zero attached hydrogens (tertiary/aromatic N) is 2. The number of hydrogen-bond donors (Lipinski definition) is 1. The molecule has 102 valence electrons. The zero-order chi connectivity index (χ0) is 14.1. The summed E-state index contributed by atoms with van der Waals surface area (Å²) in [7, 11) is 0. The van der Waals surface area contributed by atoms with Crippen LogP contribution in [0.5, 0.6) is 0 Å². The molecule has 0 unspecified atom stereocenters. The van der Waals surface area contributed by atoms with Gasteiger partial charge in [0.15, 0.2) is 0 Å². The van der Waals surface area contributed by atoms with Gasteiger partial charge in [-0.3, -0.25) is 9.98 Å². The number of H-pyrrole nitrogens is 1. The van der Waals surface area contributed by atoms with Crippen molar-refractivity contribution in [2.45, 2.75) is 12.8 Å². The van der Waals surface area contributed by atoms with Crippen molar-refractivity contribution >= 4 is 22.7 Å². The Morgan fingerprint density at radius 2 is 1.67 bits per heavy atom. The van der Waals surface area contributed by atoms with Gasteiger partial charge in [-0.25, -0.2) is 0 Å². The zero-order valence-corrected chi connectivity index (χ0v) is 11.6. The van der Waals surface area contributed by atoms with Crippen molar-refractivity contribution in [3.8, 4) is 11.4 Å². The van der Waals surface area contributed by atoms with E-state index in [4.69, 9.17) is 0 Å². The van der Waals surface area contributed by atoms with Crippen LogP contribution in [0.4, 0.5) is 0 Å². The summed E-state index contributed by atoms with van der Waals surface area (Å²) < 4.78 is 0. The summed E-state index contributed by atoms with van der Waals surface area (Å²) in [5, 5.41) is 2.39. The fourth-order valence-electron chi connectivity index (χ4n) is 2.77. The number of aromatic amines is 1. The van der Waals surface area contributed by atoms with Crippen molar-refractivity contribution in [3.63, 3.8) is 0 Å². The van der Waals surface area contributed by atoms with Crippen molar-refractivity contribution in [1.82, 2.24) is 9.97 Å². The summed E-state index contributed by atoms with van der Waals surface area (Å²) in [6.07, 6.45) is 8.08. The zero-order valence-electron chi connectivity index (χ0n) is 11.6.